The molecule has 1 aromatic rings. The number of nitrogens with one attached hydrogen (secondary N) is 1. The van der Waals surface area contributed by atoms with Crippen LogP contribution in [0.3, 0.4) is 0 Å². The molecule has 2 aliphatic carbocycles. The number of likely N-dealkylation sites (tertiary alicyclic amines) is 2. The average molecular weight is 636 g/mol. The van der Waals surface area contributed by atoms with Crippen LogP contribution >= 0.6 is 27.5 Å². The average Bonchev–Trinajstić information content (AvgIpc) is 3.47. The SMILES string of the molecule is CCC1=C(N2CC(N(C)C)C2)C2=C(c3cc(Cl)c(Br)c(F)c3C1)C1(CC3CC1CN3C(=O)OC(C)(C)C)C(=O)N2. The minimum Gasteiger partial charge on any atom is -0.444 e. The molecule has 40 heavy (non-hydrogen) atoms. The lowest BCUT2D eigenvalue weighted by molar-refractivity contribution is -0.128. The molecule has 3 fully saturated rings. The molecule has 2 saturated heterocycles. The van der Waals surface area contributed by atoms with Crippen molar-refractivity contribution >= 4 is 45.1 Å². The summed E-state index contributed by atoms with van der Waals surface area (Å²) >= 11 is 9.94. The summed E-state index contributed by atoms with van der Waals surface area (Å²) in [7, 11) is 4.16. The number of halogens is 3. The molecule has 0 aromatic heterocycles. The Morgan fingerprint density at radius 1 is 1.30 bits per heavy atom. The Hall–Kier alpha value is -2.10. The predicted octanol–water partition coefficient (Wildman–Crippen LogP) is 5.56. The highest BCUT2D eigenvalue weighted by Gasteiger charge is 2.65. The lowest BCUT2D eigenvalue weighted by atomic mass is 9.68. The van der Waals surface area contributed by atoms with Gasteiger partial charge in [-0.05, 0) is 99.6 Å². The Balaban J connectivity index is 1.49. The highest BCUT2D eigenvalue weighted by atomic mass is 79.9. The van der Waals surface area contributed by atoms with E-state index >= 15 is 4.39 Å². The Bertz CT molecular complexity index is 1380. The number of hydrogen-bond donors (Lipinski definition) is 1. The van der Waals surface area contributed by atoms with Crippen molar-refractivity contribution in [1.29, 1.82) is 0 Å². The second-order valence-corrected chi connectivity index (χ2v) is 14.3. The topological polar surface area (TPSA) is 65.1 Å². The minimum atomic E-state index is -0.864. The first-order chi connectivity index (χ1) is 18.8. The van der Waals surface area contributed by atoms with E-state index in [0.29, 0.717) is 43.0 Å². The Kier molecular flexibility index (Phi) is 6.63. The molecule has 3 aliphatic heterocycles. The van der Waals surface area contributed by atoms with Crippen LogP contribution in [0.25, 0.3) is 5.57 Å². The van der Waals surface area contributed by atoms with Gasteiger partial charge in [0.25, 0.3) is 0 Å². The number of rotatable bonds is 3. The van der Waals surface area contributed by atoms with Crippen molar-refractivity contribution in [2.24, 2.45) is 11.3 Å². The third-order valence-electron chi connectivity index (χ3n) is 9.47. The third-order valence-corrected chi connectivity index (χ3v) is 10.8. The van der Waals surface area contributed by atoms with Gasteiger partial charge in [-0.1, -0.05) is 18.5 Å². The zero-order valence-corrected chi connectivity index (χ0v) is 26.3. The monoisotopic (exact) mass is 634 g/mol. The maximum absolute atomic E-state index is 16.0. The predicted molar refractivity (Wildman–Crippen MR) is 156 cm³/mol. The molecule has 5 aliphatic rings. The number of carbonyl (C=O) groups is 2. The highest BCUT2D eigenvalue weighted by molar-refractivity contribution is 9.10. The normalized spacial score (nSPS) is 27.9. The van der Waals surface area contributed by atoms with Crippen LogP contribution < -0.4 is 5.32 Å². The number of amides is 2. The molecular formula is C30H37BrClFN4O3. The molecule has 3 atom stereocenters. The first kappa shape index (κ1) is 28.0. The summed E-state index contributed by atoms with van der Waals surface area (Å²) in [6.07, 6.45) is 2.02. The standard InChI is InChI=1S/C30H37BrClFN4O3/c1-7-15-8-20-19(10-21(32)23(31)24(20)33)22-25(26(15)36-13-18(14-36)35(5)6)34-27(38)30(22)11-17-9-16(30)12-37(17)28(39)40-29(2,3)4/h10,16-18H,7-9,11-14H2,1-6H3,(H,34,38). The maximum Gasteiger partial charge on any atom is 0.410 e. The van der Waals surface area contributed by atoms with Gasteiger partial charge in [-0.15, -0.1) is 0 Å². The quantitative estimate of drug-likeness (QED) is 0.441. The van der Waals surface area contributed by atoms with E-state index in [4.69, 9.17) is 16.3 Å². The fourth-order valence-corrected chi connectivity index (χ4v) is 8.00. The number of hydrogen-bond acceptors (Lipinski definition) is 5. The molecule has 1 aromatic carbocycles. The van der Waals surface area contributed by atoms with E-state index in [-0.39, 0.29) is 39.3 Å². The van der Waals surface area contributed by atoms with Gasteiger partial charge in [0, 0.05) is 42.9 Å². The van der Waals surface area contributed by atoms with Crippen molar-refractivity contribution in [3.05, 3.63) is 49.5 Å². The van der Waals surface area contributed by atoms with Crippen molar-refractivity contribution in [1.82, 2.24) is 20.0 Å². The van der Waals surface area contributed by atoms with Gasteiger partial charge in [0.05, 0.1) is 26.3 Å². The molecular weight excluding hydrogens is 599 g/mol. The van der Waals surface area contributed by atoms with Crippen LogP contribution in [0.4, 0.5) is 9.18 Å². The van der Waals surface area contributed by atoms with Gasteiger partial charge < -0.3 is 24.8 Å². The van der Waals surface area contributed by atoms with E-state index < -0.39 is 11.0 Å². The van der Waals surface area contributed by atoms with Crippen molar-refractivity contribution in [2.45, 2.75) is 71.1 Å². The molecule has 6 rings (SSSR count). The number of fused-ring (bicyclic) bond motifs is 6. The number of ether oxygens (including phenoxy) is 1. The lowest BCUT2D eigenvalue weighted by Gasteiger charge is -2.46. The summed E-state index contributed by atoms with van der Waals surface area (Å²) in [5, 5.41) is 3.60. The number of allylic oxidation sites excluding steroid dienone is 1. The molecule has 0 radical (unpaired) electrons. The van der Waals surface area contributed by atoms with Crippen LogP contribution in [0.15, 0.2) is 27.5 Å². The van der Waals surface area contributed by atoms with Crippen LogP contribution in [-0.4, -0.2) is 78.1 Å². The molecule has 2 bridgehead atoms. The molecule has 216 valence electrons. The molecule has 3 unspecified atom stereocenters. The van der Waals surface area contributed by atoms with Crippen LogP contribution in [0.2, 0.25) is 5.02 Å². The fraction of sp³-hybridized carbons (Fsp3) is 0.600. The van der Waals surface area contributed by atoms with Crippen molar-refractivity contribution < 1.29 is 18.7 Å². The van der Waals surface area contributed by atoms with Gasteiger partial charge in [0.15, 0.2) is 0 Å². The number of nitrogens with zero attached hydrogens (tertiary/aromatic N) is 3. The van der Waals surface area contributed by atoms with Gasteiger partial charge in [0.1, 0.15) is 11.4 Å². The summed E-state index contributed by atoms with van der Waals surface area (Å²) in [5.41, 5.74) is 3.59. The van der Waals surface area contributed by atoms with Gasteiger partial charge in [-0.25, -0.2) is 9.18 Å². The van der Waals surface area contributed by atoms with E-state index in [0.717, 1.165) is 42.1 Å². The van der Waals surface area contributed by atoms with Crippen molar-refractivity contribution in [3.8, 4) is 0 Å². The summed E-state index contributed by atoms with van der Waals surface area (Å²) in [5.74, 6) is -0.533. The Morgan fingerprint density at radius 3 is 2.58 bits per heavy atom. The number of piperidine rings is 1. The van der Waals surface area contributed by atoms with Crippen LogP contribution in [-0.2, 0) is 16.0 Å². The second kappa shape index (κ2) is 9.46. The van der Waals surface area contributed by atoms with Crippen LogP contribution in [0, 0.1) is 17.2 Å². The lowest BCUT2D eigenvalue weighted by Crippen LogP contribution is -2.57. The molecule has 3 heterocycles. The van der Waals surface area contributed by atoms with Gasteiger partial charge >= 0.3 is 6.09 Å². The van der Waals surface area contributed by atoms with E-state index in [2.05, 4.69) is 52.1 Å². The van der Waals surface area contributed by atoms with E-state index in [1.807, 2.05) is 26.8 Å². The van der Waals surface area contributed by atoms with E-state index in [1.165, 1.54) is 0 Å². The number of likely N-dealkylation sites (N-methyl/N-ethyl adjacent to an activating group) is 1. The zero-order valence-electron chi connectivity index (χ0n) is 24.0. The summed E-state index contributed by atoms with van der Waals surface area (Å²) < 4.78 is 21.9. The Morgan fingerprint density at radius 2 is 2.00 bits per heavy atom. The largest absolute Gasteiger partial charge is 0.444 e. The highest BCUT2D eigenvalue weighted by Crippen LogP contribution is 2.62. The van der Waals surface area contributed by atoms with Crippen molar-refractivity contribution in [2.75, 3.05) is 33.7 Å². The minimum absolute atomic E-state index is 0.0567. The number of carbonyl (C=O) groups excluding carboxylic acids is 2. The molecule has 7 nitrogen and oxygen atoms in total. The first-order valence-corrected chi connectivity index (χ1v) is 15.3. The second-order valence-electron chi connectivity index (χ2n) is 13.1. The summed E-state index contributed by atoms with van der Waals surface area (Å²) in [6.45, 7) is 9.78. The fourth-order valence-electron chi connectivity index (χ4n) is 7.45. The smallest absolute Gasteiger partial charge is 0.410 e. The maximum atomic E-state index is 16.0. The van der Waals surface area contributed by atoms with Gasteiger partial charge in [0.2, 0.25) is 5.91 Å². The van der Waals surface area contributed by atoms with Gasteiger partial charge in [-0.2, -0.15) is 0 Å². The third kappa shape index (κ3) is 4.05. The molecule has 1 N–H and O–H groups in total. The van der Waals surface area contributed by atoms with Crippen LogP contribution in [0.5, 0.6) is 0 Å². The molecule has 2 amide bonds. The molecule has 1 saturated carbocycles. The van der Waals surface area contributed by atoms with Gasteiger partial charge in [-0.3, -0.25) is 4.79 Å². The molecule has 1 spiro atoms. The van der Waals surface area contributed by atoms with E-state index in [1.54, 1.807) is 4.90 Å². The number of benzene rings is 1. The first-order valence-electron chi connectivity index (χ1n) is 14.1. The summed E-state index contributed by atoms with van der Waals surface area (Å²) in [4.78, 5) is 33.6. The zero-order chi connectivity index (χ0) is 28.9. The van der Waals surface area contributed by atoms with E-state index in [9.17, 15) is 9.59 Å². The summed E-state index contributed by atoms with van der Waals surface area (Å²) in [6, 6.07) is 2.12. The Labute approximate surface area is 248 Å². The van der Waals surface area contributed by atoms with Crippen molar-refractivity contribution in [3.63, 3.8) is 0 Å². The molecule has 10 heteroatoms. The van der Waals surface area contributed by atoms with Crippen LogP contribution in [0.1, 0.15) is 58.1 Å².